The summed E-state index contributed by atoms with van der Waals surface area (Å²) in [5, 5.41) is 0. The van der Waals surface area contributed by atoms with Crippen molar-refractivity contribution in [2.24, 2.45) is 0 Å². The van der Waals surface area contributed by atoms with E-state index in [4.69, 9.17) is 4.74 Å². The fraction of sp³-hybridized carbons (Fsp3) is 0.562. The van der Waals surface area contributed by atoms with Gasteiger partial charge < -0.3 is 9.64 Å². The summed E-state index contributed by atoms with van der Waals surface area (Å²) in [6.07, 6.45) is 7.40. The van der Waals surface area contributed by atoms with Gasteiger partial charge in [0.1, 0.15) is 6.61 Å². The van der Waals surface area contributed by atoms with E-state index in [9.17, 15) is 4.79 Å². The van der Waals surface area contributed by atoms with Crippen LogP contribution in [0.25, 0.3) is 0 Å². The molecule has 0 aromatic rings. The Balaban J connectivity index is 4.07. The lowest BCUT2D eigenvalue weighted by Crippen LogP contribution is -2.26. The van der Waals surface area contributed by atoms with Gasteiger partial charge in [-0.3, -0.25) is 0 Å². The molecule has 0 heterocycles. The summed E-state index contributed by atoms with van der Waals surface area (Å²) in [6, 6.07) is 0. The minimum Gasteiger partial charge on any atom is -0.460 e. The van der Waals surface area contributed by atoms with Gasteiger partial charge >= 0.3 is 5.97 Å². The second-order valence-electron chi connectivity index (χ2n) is 4.56. The number of hydrogen-bond acceptors (Lipinski definition) is 3. The maximum atomic E-state index is 11.3. The quantitative estimate of drug-likeness (QED) is 0.261. The monoisotopic (exact) mass is 265 g/mol. The molecule has 0 aromatic heterocycles. The molecular formula is C16H27NO2. The summed E-state index contributed by atoms with van der Waals surface area (Å²) in [5.41, 5.74) is 1.68. The van der Waals surface area contributed by atoms with Crippen LogP contribution >= 0.6 is 0 Å². The lowest BCUT2D eigenvalue weighted by atomic mass is 10.2. The van der Waals surface area contributed by atoms with E-state index in [2.05, 4.69) is 38.0 Å². The van der Waals surface area contributed by atoms with Crippen molar-refractivity contribution in [3.8, 4) is 0 Å². The van der Waals surface area contributed by atoms with Crippen molar-refractivity contribution in [3.05, 3.63) is 36.6 Å². The Bertz CT molecular complexity index is 332. The van der Waals surface area contributed by atoms with Crippen molar-refractivity contribution in [2.75, 3.05) is 19.7 Å². The predicted molar refractivity (Wildman–Crippen MR) is 80.8 cm³/mol. The number of ether oxygens (including phenoxy) is 1. The number of carbonyl (C=O) groups excluding carboxylic acids is 1. The molecule has 0 aliphatic heterocycles. The largest absolute Gasteiger partial charge is 0.460 e. The molecule has 19 heavy (non-hydrogen) atoms. The molecule has 108 valence electrons. The average Bonchev–Trinajstić information content (AvgIpc) is 2.39. The fourth-order valence-corrected chi connectivity index (χ4v) is 1.66. The number of unbranched alkanes of at least 4 members (excludes halogenated alkanes) is 2. The Kier molecular flexibility index (Phi) is 9.59. The molecule has 0 atom stereocenters. The number of carbonyl (C=O) groups is 1. The first-order valence-corrected chi connectivity index (χ1v) is 6.88. The Morgan fingerprint density at radius 1 is 1.32 bits per heavy atom. The summed E-state index contributed by atoms with van der Waals surface area (Å²) < 4.78 is 5.11. The minimum absolute atomic E-state index is 0.316. The molecule has 0 N–H and O–H groups in total. The van der Waals surface area contributed by atoms with Gasteiger partial charge in [0, 0.05) is 17.8 Å². The van der Waals surface area contributed by atoms with Crippen molar-refractivity contribution in [3.63, 3.8) is 0 Å². The van der Waals surface area contributed by atoms with Crippen LogP contribution in [0.4, 0.5) is 0 Å². The summed E-state index contributed by atoms with van der Waals surface area (Å²) in [6.45, 7) is 15.2. The lowest BCUT2D eigenvalue weighted by Gasteiger charge is -2.23. The topological polar surface area (TPSA) is 29.5 Å². The number of nitrogens with zero attached hydrogens (tertiary/aromatic N) is 1. The molecule has 0 aliphatic carbocycles. The van der Waals surface area contributed by atoms with Gasteiger partial charge in [0.25, 0.3) is 0 Å². The molecule has 0 saturated heterocycles. The van der Waals surface area contributed by atoms with Crippen LogP contribution in [0.5, 0.6) is 0 Å². The number of rotatable bonds is 10. The summed E-state index contributed by atoms with van der Waals surface area (Å²) in [7, 11) is 0. The van der Waals surface area contributed by atoms with Crippen LogP contribution in [-0.2, 0) is 9.53 Å². The zero-order chi connectivity index (χ0) is 14.7. The highest BCUT2D eigenvalue weighted by Gasteiger charge is 2.06. The second-order valence-corrected chi connectivity index (χ2v) is 4.56. The molecule has 0 rings (SSSR count). The average molecular weight is 265 g/mol. The van der Waals surface area contributed by atoms with Gasteiger partial charge in [0.05, 0.1) is 6.54 Å². The first-order chi connectivity index (χ1) is 9.02. The van der Waals surface area contributed by atoms with Gasteiger partial charge in [-0.05, 0) is 40.0 Å². The molecule has 0 aromatic carbocycles. The van der Waals surface area contributed by atoms with Gasteiger partial charge in [-0.1, -0.05) is 18.7 Å². The number of esters is 1. The zero-order valence-corrected chi connectivity index (χ0v) is 12.6. The molecule has 3 nitrogen and oxygen atoms in total. The van der Waals surface area contributed by atoms with Gasteiger partial charge in [-0.25, -0.2) is 4.79 Å². The van der Waals surface area contributed by atoms with Crippen molar-refractivity contribution in [1.29, 1.82) is 0 Å². The van der Waals surface area contributed by atoms with Gasteiger partial charge in [-0.15, -0.1) is 6.58 Å². The molecule has 0 aliphatic rings. The van der Waals surface area contributed by atoms with Crippen molar-refractivity contribution >= 4 is 5.97 Å². The number of hydrogen-bond donors (Lipinski definition) is 0. The Labute approximate surface area is 117 Å². The minimum atomic E-state index is -0.316. The highest BCUT2D eigenvalue weighted by atomic mass is 16.5. The summed E-state index contributed by atoms with van der Waals surface area (Å²) >= 11 is 0. The van der Waals surface area contributed by atoms with E-state index < -0.39 is 0 Å². The maximum absolute atomic E-state index is 11.3. The summed E-state index contributed by atoms with van der Waals surface area (Å²) in [5.74, 6) is -0.316. The van der Waals surface area contributed by atoms with Crippen LogP contribution in [0.15, 0.2) is 36.6 Å². The van der Waals surface area contributed by atoms with Crippen molar-refractivity contribution < 1.29 is 9.53 Å². The molecule has 0 unspecified atom stereocenters. The molecular weight excluding hydrogens is 238 g/mol. The third-order valence-corrected chi connectivity index (χ3v) is 2.88. The SMILES string of the molecule is C=CCCC/C=C(/C)N(CC)CCOC(=O)C(=C)C. The van der Waals surface area contributed by atoms with Crippen LogP contribution in [0.2, 0.25) is 0 Å². The molecule has 3 heteroatoms. The zero-order valence-electron chi connectivity index (χ0n) is 12.6. The molecule has 0 radical (unpaired) electrons. The number of likely N-dealkylation sites (N-methyl/N-ethyl adjacent to an activating group) is 1. The molecule has 0 fully saturated rings. The van der Waals surface area contributed by atoms with Gasteiger partial charge in [0.15, 0.2) is 0 Å². The molecule has 0 amide bonds. The highest BCUT2D eigenvalue weighted by molar-refractivity contribution is 5.86. The normalized spacial score (nSPS) is 11.0. The standard InChI is InChI=1S/C16H27NO2/c1-6-8-9-10-11-15(5)17(7-2)12-13-19-16(18)14(3)4/h6,11H,1,3,7-10,12-13H2,2,4-5H3/b15-11-. The van der Waals surface area contributed by atoms with E-state index in [-0.39, 0.29) is 5.97 Å². The second kappa shape index (κ2) is 10.4. The highest BCUT2D eigenvalue weighted by Crippen LogP contribution is 2.07. The predicted octanol–water partition coefficient (Wildman–Crippen LogP) is 3.69. The molecule has 0 bridgehead atoms. The number of allylic oxidation sites excluding steroid dienone is 3. The van der Waals surface area contributed by atoms with Crippen LogP contribution in [0, 0.1) is 0 Å². The Hall–Kier alpha value is -1.51. The Morgan fingerprint density at radius 2 is 2.00 bits per heavy atom. The van der Waals surface area contributed by atoms with Crippen molar-refractivity contribution in [1.82, 2.24) is 4.90 Å². The smallest absolute Gasteiger partial charge is 0.333 e. The van der Waals surface area contributed by atoms with E-state index in [0.29, 0.717) is 12.2 Å². The van der Waals surface area contributed by atoms with E-state index in [1.54, 1.807) is 6.92 Å². The van der Waals surface area contributed by atoms with Crippen LogP contribution in [0.1, 0.15) is 40.0 Å². The lowest BCUT2D eigenvalue weighted by molar-refractivity contribution is -0.139. The van der Waals surface area contributed by atoms with Gasteiger partial charge in [-0.2, -0.15) is 0 Å². The van der Waals surface area contributed by atoms with E-state index in [0.717, 1.165) is 32.4 Å². The third kappa shape index (κ3) is 8.25. The first-order valence-electron chi connectivity index (χ1n) is 6.88. The Morgan fingerprint density at radius 3 is 2.53 bits per heavy atom. The third-order valence-electron chi connectivity index (χ3n) is 2.88. The van der Waals surface area contributed by atoms with E-state index >= 15 is 0 Å². The van der Waals surface area contributed by atoms with Crippen LogP contribution in [-0.4, -0.2) is 30.6 Å². The molecule has 0 spiro atoms. The molecule has 0 saturated carbocycles. The van der Waals surface area contributed by atoms with E-state index in [1.165, 1.54) is 5.70 Å². The van der Waals surface area contributed by atoms with Crippen LogP contribution in [0.3, 0.4) is 0 Å². The van der Waals surface area contributed by atoms with Crippen molar-refractivity contribution in [2.45, 2.75) is 40.0 Å². The van der Waals surface area contributed by atoms with E-state index in [1.807, 2.05) is 6.08 Å². The maximum Gasteiger partial charge on any atom is 0.333 e. The fourth-order valence-electron chi connectivity index (χ4n) is 1.66. The van der Waals surface area contributed by atoms with Crippen LogP contribution < -0.4 is 0 Å². The first kappa shape index (κ1) is 17.5. The summed E-state index contributed by atoms with van der Waals surface area (Å²) in [4.78, 5) is 13.5. The van der Waals surface area contributed by atoms with Gasteiger partial charge in [0.2, 0.25) is 0 Å².